The lowest BCUT2D eigenvalue weighted by Gasteiger charge is -2.17. The SMILES string of the molecule is Cc1cc(=O)oc2cc(O[C@@H](C)C(=O)ON3C(=O)CCC3=O)ccc12. The van der Waals surface area contributed by atoms with Crippen molar-refractivity contribution >= 4 is 28.8 Å². The highest BCUT2D eigenvalue weighted by Crippen LogP contribution is 2.23. The Morgan fingerprint density at radius 1 is 1.16 bits per heavy atom. The first-order chi connectivity index (χ1) is 11.8. The molecule has 0 aliphatic carbocycles. The molecule has 3 rings (SSSR count). The van der Waals surface area contributed by atoms with Gasteiger partial charge in [-0.2, -0.15) is 0 Å². The summed E-state index contributed by atoms with van der Waals surface area (Å²) in [6, 6.07) is 6.19. The van der Waals surface area contributed by atoms with Crippen LogP contribution in [0.25, 0.3) is 11.0 Å². The zero-order valence-corrected chi connectivity index (χ0v) is 13.6. The molecule has 1 aliphatic heterocycles. The maximum atomic E-state index is 12.0. The molecule has 130 valence electrons. The van der Waals surface area contributed by atoms with Gasteiger partial charge >= 0.3 is 11.6 Å². The number of hydrogen-bond acceptors (Lipinski definition) is 7. The van der Waals surface area contributed by atoms with Gasteiger partial charge in [0.05, 0.1) is 0 Å². The van der Waals surface area contributed by atoms with Gasteiger partial charge in [-0.25, -0.2) is 9.59 Å². The first-order valence-corrected chi connectivity index (χ1v) is 7.64. The van der Waals surface area contributed by atoms with Crippen LogP contribution in [-0.2, 0) is 19.2 Å². The number of carbonyl (C=O) groups is 3. The number of hydrogen-bond donors (Lipinski definition) is 0. The van der Waals surface area contributed by atoms with Gasteiger partial charge in [-0.3, -0.25) is 9.59 Å². The van der Waals surface area contributed by atoms with E-state index in [9.17, 15) is 19.2 Å². The molecule has 1 fully saturated rings. The molecule has 8 heteroatoms. The van der Waals surface area contributed by atoms with Crippen molar-refractivity contribution in [2.45, 2.75) is 32.8 Å². The summed E-state index contributed by atoms with van der Waals surface area (Å²) in [6.45, 7) is 3.20. The van der Waals surface area contributed by atoms with Gasteiger partial charge in [-0.05, 0) is 31.5 Å². The number of rotatable bonds is 4. The molecule has 0 radical (unpaired) electrons. The van der Waals surface area contributed by atoms with Gasteiger partial charge in [-0.15, -0.1) is 5.06 Å². The van der Waals surface area contributed by atoms with Crippen LogP contribution in [0.2, 0.25) is 0 Å². The van der Waals surface area contributed by atoms with Crippen molar-refractivity contribution < 1.29 is 28.4 Å². The molecule has 0 saturated carbocycles. The molecule has 0 spiro atoms. The Balaban J connectivity index is 1.74. The van der Waals surface area contributed by atoms with Crippen LogP contribution in [0, 0.1) is 6.92 Å². The summed E-state index contributed by atoms with van der Waals surface area (Å²) >= 11 is 0. The van der Waals surface area contributed by atoms with Crippen molar-refractivity contribution in [3.63, 3.8) is 0 Å². The number of imide groups is 1. The van der Waals surface area contributed by atoms with E-state index in [4.69, 9.17) is 14.0 Å². The van der Waals surface area contributed by atoms with Crippen LogP contribution >= 0.6 is 0 Å². The number of amides is 2. The second-order valence-electron chi connectivity index (χ2n) is 5.66. The molecule has 8 nitrogen and oxygen atoms in total. The normalized spacial score (nSPS) is 15.5. The average molecular weight is 345 g/mol. The smallest absolute Gasteiger partial charge is 0.372 e. The van der Waals surface area contributed by atoms with Gasteiger partial charge in [0, 0.05) is 30.4 Å². The van der Waals surface area contributed by atoms with Gasteiger partial charge in [-0.1, -0.05) is 0 Å². The van der Waals surface area contributed by atoms with Gasteiger partial charge in [0.15, 0.2) is 6.10 Å². The van der Waals surface area contributed by atoms with Crippen LogP contribution in [0.1, 0.15) is 25.3 Å². The standard InChI is InChI=1S/C17H15NO7/c1-9-7-16(21)24-13-8-11(3-4-12(9)13)23-10(2)17(22)25-18-14(19)5-6-15(18)20/h3-4,7-8,10H,5-6H2,1-2H3/t10-/m0/s1. The molecule has 1 aliphatic rings. The Morgan fingerprint density at radius 3 is 2.52 bits per heavy atom. The molecule has 1 saturated heterocycles. The lowest BCUT2D eigenvalue weighted by Crippen LogP contribution is -2.37. The molecule has 0 bridgehead atoms. The fraction of sp³-hybridized carbons (Fsp3) is 0.294. The number of nitrogens with zero attached hydrogens (tertiary/aromatic N) is 1. The Labute approximate surface area is 141 Å². The van der Waals surface area contributed by atoms with Crippen molar-refractivity contribution in [3.8, 4) is 5.75 Å². The van der Waals surface area contributed by atoms with E-state index in [1.54, 1.807) is 19.1 Å². The van der Waals surface area contributed by atoms with Crippen LogP contribution in [0.3, 0.4) is 0 Å². The zero-order valence-electron chi connectivity index (χ0n) is 13.6. The Kier molecular flexibility index (Phi) is 4.26. The average Bonchev–Trinajstić information content (AvgIpc) is 2.86. The largest absolute Gasteiger partial charge is 0.479 e. The van der Waals surface area contributed by atoms with Crippen LogP contribution in [0.15, 0.2) is 33.5 Å². The van der Waals surface area contributed by atoms with Crippen molar-refractivity contribution in [1.82, 2.24) is 5.06 Å². The third-order valence-electron chi connectivity index (χ3n) is 3.75. The van der Waals surface area contributed by atoms with Gasteiger partial charge in [0.2, 0.25) is 0 Å². The fourth-order valence-electron chi connectivity index (χ4n) is 2.45. The van der Waals surface area contributed by atoms with Crippen molar-refractivity contribution in [2.75, 3.05) is 0 Å². The molecule has 1 atom stereocenters. The summed E-state index contributed by atoms with van der Waals surface area (Å²) in [4.78, 5) is 51.2. The van der Waals surface area contributed by atoms with Crippen LogP contribution in [0.5, 0.6) is 5.75 Å². The fourth-order valence-corrected chi connectivity index (χ4v) is 2.45. The summed E-state index contributed by atoms with van der Waals surface area (Å²) < 4.78 is 10.6. The van der Waals surface area contributed by atoms with E-state index in [2.05, 4.69) is 0 Å². The maximum Gasteiger partial charge on any atom is 0.372 e. The summed E-state index contributed by atoms with van der Waals surface area (Å²) in [5.41, 5.74) is 0.602. The molecule has 0 N–H and O–H groups in total. The van der Waals surface area contributed by atoms with Crippen LogP contribution < -0.4 is 10.4 Å². The van der Waals surface area contributed by atoms with Crippen LogP contribution in [-0.4, -0.2) is 29.0 Å². The van der Waals surface area contributed by atoms with Gasteiger partial charge < -0.3 is 14.0 Å². The minimum atomic E-state index is -1.07. The summed E-state index contributed by atoms with van der Waals surface area (Å²) in [6.07, 6.45) is -1.04. The molecular weight excluding hydrogens is 330 g/mol. The Bertz CT molecular complexity index is 914. The molecular formula is C17H15NO7. The molecule has 25 heavy (non-hydrogen) atoms. The van der Waals surface area contributed by atoms with E-state index in [0.29, 0.717) is 10.6 Å². The molecule has 2 amide bonds. The Hall–Kier alpha value is -3.16. The minimum absolute atomic E-state index is 0.0183. The van der Waals surface area contributed by atoms with E-state index in [-0.39, 0.29) is 18.6 Å². The predicted molar refractivity (Wildman–Crippen MR) is 84.5 cm³/mol. The molecule has 1 aromatic carbocycles. The molecule has 0 unspecified atom stereocenters. The molecule has 1 aromatic heterocycles. The van der Waals surface area contributed by atoms with Crippen molar-refractivity contribution in [3.05, 3.63) is 40.2 Å². The second kappa shape index (κ2) is 6.39. The highest BCUT2D eigenvalue weighted by Gasteiger charge is 2.34. The van der Waals surface area contributed by atoms with Gasteiger partial charge in [0.1, 0.15) is 11.3 Å². The lowest BCUT2D eigenvalue weighted by molar-refractivity contribution is -0.201. The van der Waals surface area contributed by atoms with E-state index >= 15 is 0 Å². The molecule has 2 heterocycles. The third-order valence-corrected chi connectivity index (χ3v) is 3.75. The summed E-state index contributed by atoms with van der Waals surface area (Å²) in [7, 11) is 0. The number of carbonyl (C=O) groups excluding carboxylic acids is 3. The van der Waals surface area contributed by atoms with Gasteiger partial charge in [0.25, 0.3) is 11.8 Å². The number of fused-ring (bicyclic) bond motifs is 1. The first-order valence-electron chi connectivity index (χ1n) is 7.64. The topological polar surface area (TPSA) is 103 Å². The highest BCUT2D eigenvalue weighted by atomic mass is 16.7. The maximum absolute atomic E-state index is 12.0. The monoisotopic (exact) mass is 345 g/mol. The summed E-state index contributed by atoms with van der Waals surface area (Å²) in [5.74, 6) is -1.72. The number of aryl methyl sites for hydroxylation is 1. The number of hydroxylamine groups is 2. The highest BCUT2D eigenvalue weighted by molar-refractivity contribution is 6.01. The predicted octanol–water partition coefficient (Wildman–Crippen LogP) is 1.48. The number of ether oxygens (including phenoxy) is 1. The van der Waals surface area contributed by atoms with Crippen molar-refractivity contribution in [1.29, 1.82) is 0 Å². The second-order valence-corrected chi connectivity index (χ2v) is 5.66. The first kappa shape index (κ1) is 16.7. The lowest BCUT2D eigenvalue weighted by atomic mass is 10.1. The van der Waals surface area contributed by atoms with Crippen LogP contribution in [0.4, 0.5) is 0 Å². The number of benzene rings is 1. The van der Waals surface area contributed by atoms with E-state index in [1.165, 1.54) is 19.1 Å². The third kappa shape index (κ3) is 3.37. The van der Waals surface area contributed by atoms with E-state index in [0.717, 1.165) is 10.9 Å². The van der Waals surface area contributed by atoms with Crippen molar-refractivity contribution in [2.24, 2.45) is 0 Å². The quantitative estimate of drug-likeness (QED) is 0.610. The van der Waals surface area contributed by atoms with E-state index in [1.807, 2.05) is 0 Å². The summed E-state index contributed by atoms with van der Waals surface area (Å²) in [5, 5.41) is 1.21. The minimum Gasteiger partial charge on any atom is -0.479 e. The van der Waals surface area contributed by atoms with E-state index < -0.39 is 29.5 Å². The Morgan fingerprint density at radius 2 is 1.84 bits per heavy atom. The molecule has 2 aromatic rings. The zero-order chi connectivity index (χ0) is 18.1.